The fraction of sp³-hybridized carbons (Fsp3) is 0.190. The molecule has 7 nitrogen and oxygen atoms in total. The fourth-order valence-electron chi connectivity index (χ4n) is 3.09. The number of hydrogen-bond donors (Lipinski definition) is 0. The van der Waals surface area contributed by atoms with Crippen molar-refractivity contribution in [3.8, 4) is 11.3 Å². The Morgan fingerprint density at radius 3 is 2.52 bits per heavy atom. The van der Waals surface area contributed by atoms with Crippen LogP contribution in [0.5, 0.6) is 0 Å². The number of nitro benzene ring substituents is 1. The number of anilines is 1. The molecule has 1 aliphatic rings. The summed E-state index contributed by atoms with van der Waals surface area (Å²) in [7, 11) is 0. The lowest BCUT2D eigenvalue weighted by Crippen LogP contribution is -2.36. The van der Waals surface area contributed by atoms with Gasteiger partial charge in [0.25, 0.3) is 5.69 Å². The van der Waals surface area contributed by atoms with E-state index < -0.39 is 4.92 Å². The molecule has 2 heterocycles. The lowest BCUT2D eigenvalue weighted by molar-refractivity contribution is -0.384. The number of non-ortho nitro benzene ring substituents is 1. The molecular weight excluding hydrogens is 394 g/mol. The lowest BCUT2D eigenvalue weighted by Gasteiger charge is -2.28. The molecule has 148 valence electrons. The highest BCUT2D eigenvalue weighted by Crippen LogP contribution is 2.32. The van der Waals surface area contributed by atoms with Gasteiger partial charge in [-0.3, -0.25) is 15.1 Å². The molecular formula is C21H18ClN3O4. The number of morpholine rings is 1. The first kappa shape index (κ1) is 19.2. The van der Waals surface area contributed by atoms with Crippen molar-refractivity contribution >= 4 is 34.9 Å². The predicted molar refractivity (Wildman–Crippen MR) is 113 cm³/mol. The third-order valence-electron chi connectivity index (χ3n) is 4.62. The standard InChI is InChI=1S/C21H18ClN3O4/c22-20-13-17(25(26)27)5-7-19(20)21-8-6-18(29-21)14-23-15-1-3-16(4-2-15)24-9-11-28-12-10-24/h1-8,13-14H,9-12H2. The molecule has 3 aromatic rings. The summed E-state index contributed by atoms with van der Waals surface area (Å²) >= 11 is 6.16. The number of nitro groups is 1. The number of nitrogens with zero attached hydrogens (tertiary/aromatic N) is 3. The van der Waals surface area contributed by atoms with Gasteiger partial charge in [-0.25, -0.2) is 0 Å². The summed E-state index contributed by atoms with van der Waals surface area (Å²) in [5.74, 6) is 1.08. The summed E-state index contributed by atoms with van der Waals surface area (Å²) in [6.07, 6.45) is 1.63. The third-order valence-corrected chi connectivity index (χ3v) is 4.94. The Hall–Kier alpha value is -3.16. The first-order chi connectivity index (χ1) is 14.1. The van der Waals surface area contributed by atoms with E-state index >= 15 is 0 Å². The number of ether oxygens (including phenoxy) is 1. The summed E-state index contributed by atoms with van der Waals surface area (Å²) in [5.41, 5.74) is 2.49. The van der Waals surface area contributed by atoms with Gasteiger partial charge in [0.05, 0.1) is 35.1 Å². The van der Waals surface area contributed by atoms with Crippen molar-refractivity contribution in [2.45, 2.75) is 0 Å². The molecule has 0 bridgehead atoms. The average Bonchev–Trinajstić information content (AvgIpc) is 3.22. The molecule has 1 aromatic heterocycles. The highest BCUT2D eigenvalue weighted by atomic mass is 35.5. The molecule has 0 N–H and O–H groups in total. The Bertz CT molecular complexity index is 1040. The number of halogens is 1. The van der Waals surface area contributed by atoms with Gasteiger partial charge in [-0.2, -0.15) is 0 Å². The Morgan fingerprint density at radius 2 is 1.83 bits per heavy atom. The second-order valence-electron chi connectivity index (χ2n) is 6.50. The van der Waals surface area contributed by atoms with E-state index in [-0.39, 0.29) is 10.7 Å². The van der Waals surface area contributed by atoms with Crippen molar-refractivity contribution < 1.29 is 14.1 Å². The topological polar surface area (TPSA) is 81.1 Å². The van der Waals surface area contributed by atoms with Crippen LogP contribution in [0, 0.1) is 10.1 Å². The zero-order chi connectivity index (χ0) is 20.2. The van der Waals surface area contributed by atoms with Gasteiger partial charge in [0.1, 0.15) is 11.5 Å². The molecule has 29 heavy (non-hydrogen) atoms. The third kappa shape index (κ3) is 4.47. The van der Waals surface area contributed by atoms with Gasteiger partial charge in [0, 0.05) is 36.5 Å². The average molecular weight is 412 g/mol. The van der Waals surface area contributed by atoms with Crippen LogP contribution in [0.15, 0.2) is 64.0 Å². The van der Waals surface area contributed by atoms with Crippen LogP contribution < -0.4 is 4.90 Å². The van der Waals surface area contributed by atoms with Gasteiger partial charge in [-0.05, 0) is 42.5 Å². The van der Waals surface area contributed by atoms with E-state index in [4.69, 9.17) is 20.8 Å². The van der Waals surface area contributed by atoms with Crippen LogP contribution in [-0.2, 0) is 4.74 Å². The van der Waals surface area contributed by atoms with E-state index in [1.165, 1.54) is 12.1 Å². The minimum Gasteiger partial charge on any atom is -0.455 e. The van der Waals surface area contributed by atoms with Crippen LogP contribution in [0.4, 0.5) is 17.1 Å². The van der Waals surface area contributed by atoms with E-state index in [1.807, 2.05) is 24.3 Å². The molecule has 0 spiro atoms. The normalized spacial score (nSPS) is 14.4. The summed E-state index contributed by atoms with van der Waals surface area (Å²) in [5, 5.41) is 11.1. The lowest BCUT2D eigenvalue weighted by atomic mass is 10.1. The molecule has 0 atom stereocenters. The molecule has 1 fully saturated rings. The number of hydrogen-bond acceptors (Lipinski definition) is 6. The van der Waals surface area contributed by atoms with Crippen LogP contribution >= 0.6 is 11.6 Å². The Balaban J connectivity index is 1.46. The van der Waals surface area contributed by atoms with Gasteiger partial charge < -0.3 is 14.1 Å². The number of benzene rings is 2. The van der Waals surface area contributed by atoms with Crippen LogP contribution in [0.25, 0.3) is 11.3 Å². The molecule has 1 aliphatic heterocycles. The monoisotopic (exact) mass is 411 g/mol. The highest BCUT2D eigenvalue weighted by Gasteiger charge is 2.13. The molecule has 0 saturated carbocycles. The molecule has 0 aliphatic carbocycles. The van der Waals surface area contributed by atoms with E-state index in [0.717, 1.165) is 37.7 Å². The Labute approximate surface area is 172 Å². The summed E-state index contributed by atoms with van der Waals surface area (Å²) < 4.78 is 11.1. The van der Waals surface area contributed by atoms with Crippen molar-refractivity contribution in [1.82, 2.24) is 0 Å². The molecule has 8 heteroatoms. The molecule has 0 unspecified atom stereocenters. The molecule has 0 radical (unpaired) electrons. The van der Waals surface area contributed by atoms with Gasteiger partial charge in [-0.15, -0.1) is 0 Å². The van der Waals surface area contributed by atoms with Crippen LogP contribution in [-0.4, -0.2) is 37.4 Å². The minimum atomic E-state index is -0.486. The smallest absolute Gasteiger partial charge is 0.270 e. The fourth-order valence-corrected chi connectivity index (χ4v) is 3.36. The molecule has 4 rings (SSSR count). The second kappa shape index (κ2) is 8.46. The van der Waals surface area contributed by atoms with E-state index in [0.29, 0.717) is 17.1 Å². The summed E-state index contributed by atoms with van der Waals surface area (Å²) in [6, 6.07) is 15.8. The van der Waals surface area contributed by atoms with Crippen molar-refractivity contribution in [3.05, 3.63) is 75.5 Å². The number of aliphatic imine (C=N–C) groups is 1. The zero-order valence-corrected chi connectivity index (χ0v) is 16.2. The van der Waals surface area contributed by atoms with Gasteiger partial charge >= 0.3 is 0 Å². The van der Waals surface area contributed by atoms with Gasteiger partial charge in [-0.1, -0.05) is 11.6 Å². The van der Waals surface area contributed by atoms with Gasteiger partial charge in [0.2, 0.25) is 0 Å². The van der Waals surface area contributed by atoms with Crippen molar-refractivity contribution in [2.24, 2.45) is 4.99 Å². The maximum atomic E-state index is 10.8. The first-order valence-corrected chi connectivity index (χ1v) is 9.49. The largest absolute Gasteiger partial charge is 0.455 e. The zero-order valence-electron chi connectivity index (χ0n) is 15.5. The predicted octanol–water partition coefficient (Wildman–Crippen LogP) is 5.10. The minimum absolute atomic E-state index is 0.0624. The Morgan fingerprint density at radius 1 is 1.07 bits per heavy atom. The summed E-state index contributed by atoms with van der Waals surface area (Å²) in [4.78, 5) is 17.1. The van der Waals surface area contributed by atoms with Gasteiger partial charge in [0.15, 0.2) is 0 Å². The van der Waals surface area contributed by atoms with Crippen molar-refractivity contribution in [3.63, 3.8) is 0 Å². The Kier molecular flexibility index (Phi) is 5.59. The molecule has 2 aromatic carbocycles. The van der Waals surface area contributed by atoms with Crippen molar-refractivity contribution in [2.75, 3.05) is 31.2 Å². The first-order valence-electron chi connectivity index (χ1n) is 9.11. The van der Waals surface area contributed by atoms with E-state index in [9.17, 15) is 10.1 Å². The van der Waals surface area contributed by atoms with Crippen molar-refractivity contribution in [1.29, 1.82) is 0 Å². The quantitative estimate of drug-likeness (QED) is 0.331. The van der Waals surface area contributed by atoms with Crippen LogP contribution in [0.1, 0.15) is 5.76 Å². The van der Waals surface area contributed by atoms with Crippen LogP contribution in [0.2, 0.25) is 5.02 Å². The maximum Gasteiger partial charge on any atom is 0.270 e. The van der Waals surface area contributed by atoms with E-state index in [1.54, 1.807) is 24.4 Å². The molecule has 1 saturated heterocycles. The highest BCUT2D eigenvalue weighted by molar-refractivity contribution is 6.33. The van der Waals surface area contributed by atoms with Crippen LogP contribution in [0.3, 0.4) is 0 Å². The maximum absolute atomic E-state index is 10.8. The summed E-state index contributed by atoms with van der Waals surface area (Å²) in [6.45, 7) is 3.28. The van der Waals surface area contributed by atoms with E-state index in [2.05, 4.69) is 9.89 Å². The SMILES string of the molecule is O=[N+]([O-])c1ccc(-c2ccc(C=Nc3ccc(N4CCOCC4)cc3)o2)c(Cl)c1. The molecule has 0 amide bonds. The number of furan rings is 1. The second-order valence-corrected chi connectivity index (χ2v) is 6.90. The number of rotatable bonds is 5.